The first-order valence-corrected chi connectivity index (χ1v) is 9.64. The van der Waals surface area contributed by atoms with Crippen molar-refractivity contribution < 1.29 is 9.59 Å². The van der Waals surface area contributed by atoms with Gasteiger partial charge in [-0.1, -0.05) is 26.8 Å². The minimum Gasteiger partial charge on any atom is -0.326 e. The SMILES string of the molecule is CCC(=O)Nc1cc(NC(=O)c2c(C)ccn(CCC(C)C)c2=O)ccc1C. The van der Waals surface area contributed by atoms with Gasteiger partial charge in [0, 0.05) is 30.5 Å². The predicted octanol–water partition coefficient (Wildman–Crippen LogP) is 4.11. The first kappa shape index (κ1) is 21.4. The Morgan fingerprint density at radius 2 is 1.79 bits per heavy atom. The van der Waals surface area contributed by atoms with Crippen LogP contribution in [0.4, 0.5) is 11.4 Å². The van der Waals surface area contributed by atoms with E-state index in [4.69, 9.17) is 0 Å². The molecule has 0 spiro atoms. The average molecular weight is 383 g/mol. The molecule has 2 N–H and O–H groups in total. The number of anilines is 2. The molecule has 0 aliphatic rings. The summed E-state index contributed by atoms with van der Waals surface area (Å²) in [4.78, 5) is 37.3. The standard InChI is InChI=1S/C22H29N3O3/c1-6-19(26)24-18-13-17(8-7-15(18)4)23-21(27)20-16(5)10-12-25(22(20)28)11-9-14(2)3/h7-8,10,12-14H,6,9,11H2,1-5H3,(H,23,27)(H,24,26). The highest BCUT2D eigenvalue weighted by Gasteiger charge is 2.17. The maximum absolute atomic E-state index is 12.8. The lowest BCUT2D eigenvalue weighted by Crippen LogP contribution is -2.30. The number of nitrogens with zero attached hydrogens (tertiary/aromatic N) is 1. The summed E-state index contributed by atoms with van der Waals surface area (Å²) in [7, 11) is 0. The van der Waals surface area contributed by atoms with Crippen LogP contribution in [-0.4, -0.2) is 16.4 Å². The smallest absolute Gasteiger partial charge is 0.263 e. The molecule has 6 heteroatoms. The number of pyridine rings is 1. The Kier molecular flexibility index (Phi) is 7.15. The van der Waals surface area contributed by atoms with E-state index in [-0.39, 0.29) is 17.0 Å². The summed E-state index contributed by atoms with van der Waals surface area (Å²) in [6.07, 6.45) is 2.97. The Hall–Kier alpha value is -2.89. The zero-order valence-electron chi connectivity index (χ0n) is 17.3. The van der Waals surface area contributed by atoms with Crippen LogP contribution in [0.3, 0.4) is 0 Å². The van der Waals surface area contributed by atoms with Gasteiger partial charge in [0.2, 0.25) is 5.91 Å². The molecule has 0 saturated carbocycles. The van der Waals surface area contributed by atoms with E-state index in [1.165, 1.54) is 0 Å². The fourth-order valence-electron chi connectivity index (χ4n) is 2.78. The van der Waals surface area contributed by atoms with E-state index >= 15 is 0 Å². The number of aryl methyl sites for hydroxylation is 3. The summed E-state index contributed by atoms with van der Waals surface area (Å²) in [6.45, 7) is 10.2. The van der Waals surface area contributed by atoms with Gasteiger partial charge >= 0.3 is 0 Å². The van der Waals surface area contributed by atoms with E-state index in [1.807, 2.05) is 13.0 Å². The van der Waals surface area contributed by atoms with Gasteiger partial charge in [0.15, 0.2) is 0 Å². The van der Waals surface area contributed by atoms with Crippen molar-refractivity contribution in [1.29, 1.82) is 0 Å². The van der Waals surface area contributed by atoms with Gasteiger partial charge in [-0.05, 0) is 55.5 Å². The van der Waals surface area contributed by atoms with Crippen molar-refractivity contribution in [2.24, 2.45) is 5.92 Å². The number of benzene rings is 1. The van der Waals surface area contributed by atoms with Crippen molar-refractivity contribution in [3.8, 4) is 0 Å². The molecule has 1 aromatic carbocycles. The molecule has 2 amide bonds. The molecule has 0 fully saturated rings. The Morgan fingerprint density at radius 1 is 1.07 bits per heavy atom. The van der Waals surface area contributed by atoms with Gasteiger partial charge in [-0.3, -0.25) is 14.4 Å². The normalized spacial score (nSPS) is 10.8. The van der Waals surface area contributed by atoms with Crippen LogP contribution >= 0.6 is 0 Å². The van der Waals surface area contributed by atoms with E-state index in [0.717, 1.165) is 12.0 Å². The largest absolute Gasteiger partial charge is 0.326 e. The van der Waals surface area contributed by atoms with Crippen molar-refractivity contribution in [1.82, 2.24) is 4.57 Å². The third-order valence-electron chi connectivity index (χ3n) is 4.64. The number of carbonyl (C=O) groups excluding carboxylic acids is 2. The Morgan fingerprint density at radius 3 is 2.43 bits per heavy atom. The maximum Gasteiger partial charge on any atom is 0.263 e. The molecule has 1 heterocycles. The third kappa shape index (κ3) is 5.31. The van der Waals surface area contributed by atoms with Gasteiger partial charge in [0.1, 0.15) is 5.56 Å². The number of aromatic nitrogens is 1. The lowest BCUT2D eigenvalue weighted by Gasteiger charge is -2.13. The van der Waals surface area contributed by atoms with Crippen LogP contribution in [0, 0.1) is 19.8 Å². The molecule has 2 aromatic rings. The van der Waals surface area contributed by atoms with Crippen LogP contribution in [0.1, 0.15) is 55.1 Å². The molecule has 0 aliphatic carbocycles. The zero-order chi connectivity index (χ0) is 20.8. The highest BCUT2D eigenvalue weighted by molar-refractivity contribution is 6.05. The molecule has 0 unspecified atom stereocenters. The Balaban J connectivity index is 2.28. The fourth-order valence-corrected chi connectivity index (χ4v) is 2.78. The van der Waals surface area contributed by atoms with Gasteiger partial charge in [0.05, 0.1) is 0 Å². The Labute approximate surface area is 166 Å². The predicted molar refractivity (Wildman–Crippen MR) is 113 cm³/mol. The molecule has 0 saturated heterocycles. The monoisotopic (exact) mass is 383 g/mol. The van der Waals surface area contributed by atoms with Crippen LogP contribution in [0.25, 0.3) is 0 Å². The molecule has 0 atom stereocenters. The molecule has 150 valence electrons. The second kappa shape index (κ2) is 9.35. The minimum absolute atomic E-state index is 0.0986. The molecule has 0 aliphatic heterocycles. The van der Waals surface area contributed by atoms with Crippen LogP contribution in [0.15, 0.2) is 35.3 Å². The average Bonchev–Trinajstić information content (AvgIpc) is 2.63. The summed E-state index contributed by atoms with van der Waals surface area (Å²) in [5, 5.41) is 5.60. The second-order valence-electron chi connectivity index (χ2n) is 7.44. The molecule has 6 nitrogen and oxygen atoms in total. The van der Waals surface area contributed by atoms with Gasteiger partial charge in [-0.2, -0.15) is 0 Å². The molecule has 2 rings (SSSR count). The first-order valence-electron chi connectivity index (χ1n) is 9.64. The summed E-state index contributed by atoms with van der Waals surface area (Å²) < 4.78 is 1.59. The third-order valence-corrected chi connectivity index (χ3v) is 4.64. The summed E-state index contributed by atoms with van der Waals surface area (Å²) in [5.41, 5.74) is 2.56. The topological polar surface area (TPSA) is 80.2 Å². The van der Waals surface area contributed by atoms with Crippen LogP contribution in [0.5, 0.6) is 0 Å². The highest BCUT2D eigenvalue weighted by Crippen LogP contribution is 2.21. The molecule has 1 aromatic heterocycles. The van der Waals surface area contributed by atoms with Crippen LogP contribution in [0.2, 0.25) is 0 Å². The quantitative estimate of drug-likeness (QED) is 0.755. The lowest BCUT2D eigenvalue weighted by molar-refractivity contribution is -0.115. The van der Waals surface area contributed by atoms with Crippen molar-refractivity contribution in [3.63, 3.8) is 0 Å². The van der Waals surface area contributed by atoms with Crippen molar-refractivity contribution in [2.45, 2.75) is 54.0 Å². The van der Waals surface area contributed by atoms with Crippen molar-refractivity contribution in [3.05, 3.63) is 57.5 Å². The molecular weight excluding hydrogens is 354 g/mol. The van der Waals surface area contributed by atoms with E-state index in [9.17, 15) is 14.4 Å². The van der Waals surface area contributed by atoms with E-state index < -0.39 is 5.91 Å². The summed E-state index contributed by atoms with van der Waals surface area (Å²) in [6, 6.07) is 7.07. The van der Waals surface area contributed by atoms with E-state index in [1.54, 1.807) is 42.8 Å². The highest BCUT2D eigenvalue weighted by atomic mass is 16.2. The minimum atomic E-state index is -0.446. The maximum atomic E-state index is 12.8. The molecule has 0 bridgehead atoms. The fraction of sp³-hybridized carbons (Fsp3) is 0.409. The van der Waals surface area contributed by atoms with E-state index in [2.05, 4.69) is 24.5 Å². The van der Waals surface area contributed by atoms with Gasteiger partial charge in [0.25, 0.3) is 11.5 Å². The summed E-state index contributed by atoms with van der Waals surface area (Å²) in [5.74, 6) is -0.0775. The van der Waals surface area contributed by atoms with Gasteiger partial charge in [-0.15, -0.1) is 0 Å². The van der Waals surface area contributed by atoms with Crippen LogP contribution in [-0.2, 0) is 11.3 Å². The number of hydrogen-bond donors (Lipinski definition) is 2. The van der Waals surface area contributed by atoms with Crippen LogP contribution < -0.4 is 16.2 Å². The second-order valence-corrected chi connectivity index (χ2v) is 7.44. The van der Waals surface area contributed by atoms with Gasteiger partial charge < -0.3 is 15.2 Å². The van der Waals surface area contributed by atoms with E-state index in [0.29, 0.717) is 35.8 Å². The number of carbonyl (C=O) groups is 2. The lowest BCUT2D eigenvalue weighted by atomic mass is 10.1. The van der Waals surface area contributed by atoms with Crippen molar-refractivity contribution in [2.75, 3.05) is 10.6 Å². The first-order chi connectivity index (χ1) is 13.2. The number of rotatable bonds is 7. The Bertz CT molecular complexity index is 929. The number of nitrogens with one attached hydrogen (secondary N) is 2. The number of hydrogen-bond acceptors (Lipinski definition) is 3. The molecule has 0 radical (unpaired) electrons. The zero-order valence-corrected chi connectivity index (χ0v) is 17.3. The number of amides is 2. The van der Waals surface area contributed by atoms with Gasteiger partial charge in [-0.25, -0.2) is 0 Å². The van der Waals surface area contributed by atoms with Crippen molar-refractivity contribution >= 4 is 23.2 Å². The summed E-state index contributed by atoms with van der Waals surface area (Å²) >= 11 is 0. The molecule has 28 heavy (non-hydrogen) atoms. The molecular formula is C22H29N3O3.